The van der Waals surface area contributed by atoms with Gasteiger partial charge in [0.1, 0.15) is 19.6 Å². The number of rotatable bonds is 5. The molecule has 0 atom stereocenters. The number of aromatic nitrogens is 4. The summed E-state index contributed by atoms with van der Waals surface area (Å²) in [5.41, 5.74) is 0.766. The number of ether oxygens (including phenoxy) is 1. The second-order valence-corrected chi connectivity index (χ2v) is 5.13. The van der Waals surface area contributed by atoms with E-state index in [2.05, 4.69) is 15.4 Å². The number of nitrogens with zero attached hydrogens (tertiary/aromatic N) is 5. The fourth-order valence-electron chi connectivity index (χ4n) is 2.35. The first-order valence-electron chi connectivity index (χ1n) is 7.16. The molecule has 0 unspecified atom stereocenters. The summed E-state index contributed by atoms with van der Waals surface area (Å²) in [6.07, 6.45) is 0. The molecule has 1 aliphatic heterocycles. The molecule has 0 aliphatic carbocycles. The van der Waals surface area contributed by atoms with Gasteiger partial charge in [0.05, 0.1) is 24.7 Å². The number of nitro benzene ring substituents is 1. The van der Waals surface area contributed by atoms with E-state index >= 15 is 0 Å². The Balaban J connectivity index is 1.61. The Morgan fingerprint density at radius 3 is 2.68 bits per heavy atom. The summed E-state index contributed by atoms with van der Waals surface area (Å²) in [7, 11) is 0. The van der Waals surface area contributed by atoms with E-state index in [9.17, 15) is 10.1 Å². The third-order valence-electron chi connectivity index (χ3n) is 3.65. The molecule has 2 heterocycles. The molecule has 1 N–H and O–H groups in total. The molecule has 0 bridgehead atoms. The summed E-state index contributed by atoms with van der Waals surface area (Å²) < 4.78 is 5.32. The van der Waals surface area contributed by atoms with Crippen LogP contribution in [0.4, 0.5) is 5.69 Å². The molecule has 1 aliphatic rings. The molecule has 0 spiro atoms. The van der Waals surface area contributed by atoms with Crippen LogP contribution in [0.25, 0.3) is 11.4 Å². The first-order chi connectivity index (χ1) is 10.7. The molecule has 116 valence electrons. The van der Waals surface area contributed by atoms with E-state index < -0.39 is 4.92 Å². The van der Waals surface area contributed by atoms with Crippen LogP contribution >= 0.6 is 0 Å². The lowest BCUT2D eigenvalue weighted by Gasteiger charge is -2.23. The van der Waals surface area contributed by atoms with Crippen molar-refractivity contribution >= 4 is 5.69 Å². The average molecular weight is 305 g/mol. The van der Waals surface area contributed by atoms with Gasteiger partial charge in [-0.25, -0.2) is 0 Å². The number of morpholine rings is 1. The quantitative estimate of drug-likeness (QED) is 0.571. The summed E-state index contributed by atoms with van der Waals surface area (Å²) in [6, 6.07) is 6.14. The minimum Gasteiger partial charge on any atom is -0.370 e. The minimum atomic E-state index is -0.431. The zero-order valence-corrected chi connectivity index (χ0v) is 12.0. The van der Waals surface area contributed by atoms with Crippen LogP contribution in [-0.2, 0) is 11.3 Å². The Labute approximate surface area is 126 Å². The van der Waals surface area contributed by atoms with Gasteiger partial charge < -0.3 is 9.64 Å². The molecule has 2 aromatic rings. The molecule has 1 aromatic carbocycles. The van der Waals surface area contributed by atoms with Crippen molar-refractivity contribution in [3.63, 3.8) is 0 Å². The van der Waals surface area contributed by atoms with Gasteiger partial charge in [-0.15, -0.1) is 10.2 Å². The van der Waals surface area contributed by atoms with Gasteiger partial charge >= 0.3 is 0 Å². The smallest absolute Gasteiger partial charge is 0.269 e. The Hall–Kier alpha value is -2.39. The number of tetrazole rings is 1. The molecule has 1 fully saturated rings. The fourth-order valence-corrected chi connectivity index (χ4v) is 2.35. The third-order valence-corrected chi connectivity index (χ3v) is 3.65. The van der Waals surface area contributed by atoms with E-state index in [0.717, 1.165) is 38.4 Å². The summed E-state index contributed by atoms with van der Waals surface area (Å²) in [5.74, 6) is 0.479. The molecule has 0 amide bonds. The number of hydrogen-bond acceptors (Lipinski definition) is 6. The van der Waals surface area contributed by atoms with E-state index in [1.807, 2.05) is 0 Å². The SMILES string of the molecule is O=[N+]([O-])c1ccc(-c2nnn(CC[NH+]3CCOCC3)n2)cc1. The fraction of sp³-hybridized carbons (Fsp3) is 0.462. The number of non-ortho nitro benzene ring substituents is 1. The molecular weight excluding hydrogens is 288 g/mol. The lowest BCUT2D eigenvalue weighted by molar-refractivity contribution is -0.908. The monoisotopic (exact) mass is 305 g/mol. The topological polar surface area (TPSA) is 100 Å². The number of quaternary nitrogens is 1. The van der Waals surface area contributed by atoms with Gasteiger partial charge in [0, 0.05) is 17.7 Å². The van der Waals surface area contributed by atoms with Crippen molar-refractivity contribution in [1.82, 2.24) is 20.2 Å². The molecule has 1 aromatic heterocycles. The van der Waals surface area contributed by atoms with Crippen molar-refractivity contribution in [3.05, 3.63) is 34.4 Å². The van der Waals surface area contributed by atoms with Gasteiger partial charge in [0.2, 0.25) is 5.82 Å². The molecule has 9 nitrogen and oxygen atoms in total. The number of hydrogen-bond donors (Lipinski definition) is 1. The predicted octanol–water partition coefficient (Wildman–Crippen LogP) is -0.837. The standard InChI is InChI=1S/C13H16N6O3/c20-19(21)12-3-1-11(2-4-12)13-14-16-18(15-13)6-5-17-7-9-22-10-8-17/h1-4H,5-10H2/p+1. The number of nitro groups is 1. The first-order valence-corrected chi connectivity index (χ1v) is 7.16. The van der Waals surface area contributed by atoms with Gasteiger partial charge in [-0.2, -0.15) is 4.80 Å². The van der Waals surface area contributed by atoms with E-state index in [0.29, 0.717) is 12.4 Å². The van der Waals surface area contributed by atoms with E-state index in [4.69, 9.17) is 4.74 Å². The Kier molecular flexibility index (Phi) is 4.35. The van der Waals surface area contributed by atoms with Crippen molar-refractivity contribution in [2.24, 2.45) is 0 Å². The highest BCUT2D eigenvalue weighted by Gasteiger charge is 2.15. The average Bonchev–Trinajstić information content (AvgIpc) is 3.03. The van der Waals surface area contributed by atoms with Crippen LogP contribution in [0.2, 0.25) is 0 Å². The molecule has 0 radical (unpaired) electrons. The highest BCUT2D eigenvalue weighted by Crippen LogP contribution is 2.18. The van der Waals surface area contributed by atoms with Gasteiger partial charge in [-0.3, -0.25) is 10.1 Å². The minimum absolute atomic E-state index is 0.0482. The maximum Gasteiger partial charge on any atom is 0.269 e. The molecule has 0 saturated carbocycles. The predicted molar refractivity (Wildman–Crippen MR) is 76.3 cm³/mol. The Morgan fingerprint density at radius 2 is 2.00 bits per heavy atom. The lowest BCUT2D eigenvalue weighted by atomic mass is 10.2. The van der Waals surface area contributed by atoms with E-state index in [1.54, 1.807) is 16.9 Å². The van der Waals surface area contributed by atoms with Crippen molar-refractivity contribution in [1.29, 1.82) is 0 Å². The Morgan fingerprint density at radius 1 is 1.27 bits per heavy atom. The van der Waals surface area contributed by atoms with Crippen LogP contribution in [-0.4, -0.2) is 58.0 Å². The number of nitrogens with one attached hydrogen (secondary N) is 1. The summed E-state index contributed by atoms with van der Waals surface area (Å²) in [4.78, 5) is 13.2. The maximum absolute atomic E-state index is 10.6. The second-order valence-electron chi connectivity index (χ2n) is 5.13. The van der Waals surface area contributed by atoms with Crippen molar-refractivity contribution in [3.8, 4) is 11.4 Å². The van der Waals surface area contributed by atoms with Gasteiger partial charge in [0.15, 0.2) is 0 Å². The molecular formula is C13H17N6O3+. The van der Waals surface area contributed by atoms with Crippen molar-refractivity contribution in [2.45, 2.75) is 6.54 Å². The molecule has 22 heavy (non-hydrogen) atoms. The van der Waals surface area contributed by atoms with E-state index in [-0.39, 0.29) is 5.69 Å². The van der Waals surface area contributed by atoms with E-state index in [1.165, 1.54) is 17.0 Å². The van der Waals surface area contributed by atoms with Gasteiger partial charge in [-0.1, -0.05) is 0 Å². The molecule has 3 rings (SSSR count). The number of benzene rings is 1. The van der Waals surface area contributed by atoms with Crippen molar-refractivity contribution < 1.29 is 14.6 Å². The molecule has 1 saturated heterocycles. The second kappa shape index (κ2) is 6.58. The summed E-state index contributed by atoms with van der Waals surface area (Å²) in [5, 5.41) is 23.0. The first kappa shape index (κ1) is 14.5. The van der Waals surface area contributed by atoms with Crippen LogP contribution in [0.1, 0.15) is 0 Å². The third kappa shape index (κ3) is 3.43. The summed E-state index contributed by atoms with van der Waals surface area (Å²) >= 11 is 0. The highest BCUT2D eigenvalue weighted by molar-refractivity contribution is 5.56. The highest BCUT2D eigenvalue weighted by atomic mass is 16.6. The normalized spacial score (nSPS) is 15.8. The largest absolute Gasteiger partial charge is 0.370 e. The van der Waals surface area contributed by atoms with Gasteiger partial charge in [0.25, 0.3) is 5.69 Å². The van der Waals surface area contributed by atoms with Gasteiger partial charge in [-0.05, 0) is 17.3 Å². The zero-order valence-electron chi connectivity index (χ0n) is 12.0. The Bertz CT molecular complexity index is 635. The van der Waals surface area contributed by atoms with Crippen LogP contribution in [0, 0.1) is 10.1 Å². The van der Waals surface area contributed by atoms with Crippen LogP contribution in [0.5, 0.6) is 0 Å². The van der Waals surface area contributed by atoms with Crippen LogP contribution in [0.15, 0.2) is 24.3 Å². The van der Waals surface area contributed by atoms with Crippen LogP contribution in [0.3, 0.4) is 0 Å². The lowest BCUT2D eigenvalue weighted by Crippen LogP contribution is -3.14. The maximum atomic E-state index is 10.6. The zero-order chi connectivity index (χ0) is 15.4. The summed E-state index contributed by atoms with van der Waals surface area (Å²) in [6.45, 7) is 5.23. The van der Waals surface area contributed by atoms with Crippen molar-refractivity contribution in [2.75, 3.05) is 32.8 Å². The molecule has 9 heteroatoms. The van der Waals surface area contributed by atoms with Crippen LogP contribution < -0.4 is 4.90 Å².